The van der Waals surface area contributed by atoms with Crippen LogP contribution >= 0.6 is 11.8 Å². The number of rotatable bonds is 6. The Morgan fingerprint density at radius 1 is 1.54 bits per heavy atom. The zero-order valence-electron chi connectivity index (χ0n) is 7.87. The maximum absolute atomic E-state index is 11.1. The molecular weight excluding hydrogens is 190 g/mol. The quantitative estimate of drug-likeness (QED) is 0.670. The smallest absolute Gasteiger partial charge is 0.326 e. The van der Waals surface area contributed by atoms with Crippen molar-refractivity contribution in [2.24, 2.45) is 0 Å². The standard InChI is InChI=1S/C8H15NO3S/c1-3-6(8(11)12)9-7(10)4-5-13-2/h6H,3-5H2,1-2H3,(H,9,10)(H,11,12). The van der Waals surface area contributed by atoms with E-state index in [9.17, 15) is 9.59 Å². The minimum absolute atomic E-state index is 0.191. The number of amides is 1. The van der Waals surface area contributed by atoms with Crippen LogP contribution in [-0.4, -0.2) is 35.0 Å². The number of hydrogen-bond acceptors (Lipinski definition) is 3. The summed E-state index contributed by atoms with van der Waals surface area (Å²) in [6.07, 6.45) is 2.70. The Balaban J connectivity index is 3.80. The summed E-state index contributed by atoms with van der Waals surface area (Å²) >= 11 is 1.56. The summed E-state index contributed by atoms with van der Waals surface area (Å²) < 4.78 is 0. The third-order valence-corrected chi connectivity index (χ3v) is 2.19. The highest BCUT2D eigenvalue weighted by Crippen LogP contribution is 1.97. The van der Waals surface area contributed by atoms with Crippen molar-refractivity contribution in [2.45, 2.75) is 25.8 Å². The van der Waals surface area contributed by atoms with Gasteiger partial charge in [-0.15, -0.1) is 0 Å². The van der Waals surface area contributed by atoms with Gasteiger partial charge in [0.2, 0.25) is 5.91 Å². The van der Waals surface area contributed by atoms with Crippen molar-refractivity contribution in [3.05, 3.63) is 0 Å². The van der Waals surface area contributed by atoms with Crippen LogP contribution in [0.3, 0.4) is 0 Å². The van der Waals surface area contributed by atoms with Crippen molar-refractivity contribution in [2.75, 3.05) is 12.0 Å². The number of carboxylic acids is 1. The van der Waals surface area contributed by atoms with Crippen LogP contribution in [0, 0.1) is 0 Å². The molecule has 1 amide bonds. The highest BCUT2D eigenvalue weighted by atomic mass is 32.2. The van der Waals surface area contributed by atoms with Gasteiger partial charge in [0.05, 0.1) is 0 Å². The largest absolute Gasteiger partial charge is 0.480 e. The molecule has 0 rings (SSSR count). The molecule has 0 aliphatic carbocycles. The fraction of sp³-hybridized carbons (Fsp3) is 0.750. The normalized spacial score (nSPS) is 12.2. The molecule has 4 nitrogen and oxygen atoms in total. The summed E-state index contributed by atoms with van der Waals surface area (Å²) in [5.74, 6) is -0.439. The molecule has 0 radical (unpaired) electrons. The van der Waals surface area contributed by atoms with Crippen LogP contribution in [0.1, 0.15) is 19.8 Å². The lowest BCUT2D eigenvalue weighted by Gasteiger charge is -2.11. The zero-order chi connectivity index (χ0) is 10.3. The molecule has 0 saturated heterocycles. The Bertz CT molecular complexity index is 184. The molecule has 0 aromatic rings. The SMILES string of the molecule is CCC(NC(=O)CCSC)C(=O)O. The van der Waals surface area contributed by atoms with Crippen molar-refractivity contribution in [1.82, 2.24) is 5.32 Å². The summed E-state index contributed by atoms with van der Waals surface area (Å²) in [4.78, 5) is 21.6. The van der Waals surface area contributed by atoms with E-state index in [4.69, 9.17) is 5.11 Å². The summed E-state index contributed by atoms with van der Waals surface area (Å²) in [6, 6.07) is -0.741. The predicted octanol–water partition coefficient (Wildman–Crippen LogP) is 0.719. The third-order valence-electron chi connectivity index (χ3n) is 1.57. The summed E-state index contributed by atoms with van der Waals surface area (Å²) in [7, 11) is 0. The van der Waals surface area contributed by atoms with E-state index in [1.54, 1.807) is 18.7 Å². The van der Waals surface area contributed by atoms with Crippen LogP contribution < -0.4 is 5.32 Å². The molecule has 0 aromatic heterocycles. The Hall–Kier alpha value is -0.710. The molecule has 0 aliphatic heterocycles. The van der Waals surface area contributed by atoms with E-state index in [-0.39, 0.29) is 5.91 Å². The lowest BCUT2D eigenvalue weighted by Crippen LogP contribution is -2.40. The Kier molecular flexibility index (Phi) is 6.40. The number of carboxylic acid groups (broad SMARTS) is 1. The van der Waals surface area contributed by atoms with Crippen LogP contribution in [0.5, 0.6) is 0 Å². The van der Waals surface area contributed by atoms with Gasteiger partial charge in [0.25, 0.3) is 0 Å². The number of carbonyl (C=O) groups is 2. The second-order valence-corrected chi connectivity index (χ2v) is 3.59. The highest BCUT2D eigenvalue weighted by molar-refractivity contribution is 7.98. The zero-order valence-corrected chi connectivity index (χ0v) is 8.69. The molecule has 1 unspecified atom stereocenters. The molecule has 0 fully saturated rings. The lowest BCUT2D eigenvalue weighted by molar-refractivity contribution is -0.141. The Morgan fingerprint density at radius 2 is 2.15 bits per heavy atom. The van der Waals surface area contributed by atoms with Gasteiger partial charge in [-0.2, -0.15) is 11.8 Å². The van der Waals surface area contributed by atoms with Gasteiger partial charge in [0.1, 0.15) is 6.04 Å². The molecule has 0 heterocycles. The molecule has 2 N–H and O–H groups in total. The second-order valence-electron chi connectivity index (χ2n) is 2.61. The average molecular weight is 205 g/mol. The van der Waals surface area contributed by atoms with E-state index in [1.807, 2.05) is 6.26 Å². The van der Waals surface area contributed by atoms with Gasteiger partial charge in [0.15, 0.2) is 0 Å². The third kappa shape index (κ3) is 5.52. The van der Waals surface area contributed by atoms with Gasteiger partial charge in [-0.1, -0.05) is 6.92 Å². The molecule has 0 aliphatic rings. The van der Waals surface area contributed by atoms with Crippen LogP contribution in [0.15, 0.2) is 0 Å². The van der Waals surface area contributed by atoms with E-state index < -0.39 is 12.0 Å². The van der Waals surface area contributed by atoms with E-state index >= 15 is 0 Å². The van der Waals surface area contributed by atoms with Crippen LogP contribution in [0.2, 0.25) is 0 Å². The predicted molar refractivity (Wildman–Crippen MR) is 52.9 cm³/mol. The monoisotopic (exact) mass is 205 g/mol. The van der Waals surface area contributed by atoms with Gasteiger partial charge in [-0.3, -0.25) is 4.79 Å². The molecule has 1 atom stereocenters. The van der Waals surface area contributed by atoms with Crippen LogP contribution in [0.4, 0.5) is 0 Å². The van der Waals surface area contributed by atoms with E-state index in [0.717, 1.165) is 5.75 Å². The molecule has 76 valence electrons. The highest BCUT2D eigenvalue weighted by Gasteiger charge is 2.16. The van der Waals surface area contributed by atoms with Gasteiger partial charge in [-0.05, 0) is 12.7 Å². The van der Waals surface area contributed by atoms with Crippen molar-refractivity contribution in [1.29, 1.82) is 0 Å². The van der Waals surface area contributed by atoms with Gasteiger partial charge in [-0.25, -0.2) is 4.79 Å². The number of carbonyl (C=O) groups excluding carboxylic acids is 1. The Morgan fingerprint density at radius 3 is 2.54 bits per heavy atom. The number of aliphatic carboxylic acids is 1. The topological polar surface area (TPSA) is 66.4 Å². The summed E-state index contributed by atoms with van der Waals surface area (Å²) in [5.41, 5.74) is 0. The lowest BCUT2D eigenvalue weighted by atomic mass is 10.2. The first kappa shape index (κ1) is 12.3. The number of nitrogens with one attached hydrogen (secondary N) is 1. The van der Waals surface area contributed by atoms with E-state index in [2.05, 4.69) is 5.32 Å². The molecular formula is C8H15NO3S. The minimum Gasteiger partial charge on any atom is -0.480 e. The van der Waals surface area contributed by atoms with E-state index in [1.165, 1.54) is 0 Å². The molecule has 13 heavy (non-hydrogen) atoms. The first-order valence-corrected chi connectivity index (χ1v) is 5.52. The van der Waals surface area contributed by atoms with Crippen LogP contribution in [0.25, 0.3) is 0 Å². The second kappa shape index (κ2) is 6.77. The van der Waals surface area contributed by atoms with Gasteiger partial charge in [0, 0.05) is 12.2 Å². The van der Waals surface area contributed by atoms with Crippen LogP contribution in [-0.2, 0) is 9.59 Å². The van der Waals surface area contributed by atoms with Crippen molar-refractivity contribution >= 4 is 23.6 Å². The van der Waals surface area contributed by atoms with Gasteiger partial charge >= 0.3 is 5.97 Å². The average Bonchev–Trinajstić information content (AvgIpc) is 2.10. The van der Waals surface area contributed by atoms with Gasteiger partial charge < -0.3 is 10.4 Å². The molecule has 0 spiro atoms. The minimum atomic E-state index is -0.972. The fourth-order valence-corrected chi connectivity index (χ4v) is 1.19. The van der Waals surface area contributed by atoms with Crippen molar-refractivity contribution in [3.63, 3.8) is 0 Å². The number of hydrogen-bond donors (Lipinski definition) is 2. The Labute approximate surface area is 82.1 Å². The van der Waals surface area contributed by atoms with Crippen molar-refractivity contribution < 1.29 is 14.7 Å². The first-order valence-electron chi connectivity index (χ1n) is 4.13. The molecule has 0 saturated carbocycles. The van der Waals surface area contributed by atoms with E-state index in [0.29, 0.717) is 12.8 Å². The van der Waals surface area contributed by atoms with Crippen molar-refractivity contribution in [3.8, 4) is 0 Å². The number of thioether (sulfide) groups is 1. The maximum atomic E-state index is 11.1. The summed E-state index contributed by atoms with van der Waals surface area (Å²) in [6.45, 7) is 1.73. The fourth-order valence-electron chi connectivity index (χ4n) is 0.800. The molecule has 0 aromatic carbocycles. The maximum Gasteiger partial charge on any atom is 0.326 e. The molecule has 5 heteroatoms. The summed E-state index contributed by atoms with van der Waals surface area (Å²) in [5, 5.41) is 11.1. The first-order chi connectivity index (χ1) is 6.11. The molecule has 0 bridgehead atoms.